The van der Waals surface area contributed by atoms with Gasteiger partial charge in [-0.25, -0.2) is 0 Å². The molecule has 1 aliphatic rings. The first-order valence-electron chi connectivity index (χ1n) is 7.47. The zero-order valence-electron chi connectivity index (χ0n) is 13.3. The monoisotopic (exact) mass is 327 g/mol. The summed E-state index contributed by atoms with van der Waals surface area (Å²) in [5.41, 5.74) is 2.55. The van der Waals surface area contributed by atoms with Gasteiger partial charge in [0.1, 0.15) is 0 Å². The van der Waals surface area contributed by atoms with Crippen molar-refractivity contribution in [1.29, 1.82) is 0 Å². The number of carbonyl (C=O) groups is 1. The fourth-order valence-corrected chi connectivity index (χ4v) is 2.36. The molecule has 1 amide bonds. The zero-order valence-corrected chi connectivity index (χ0v) is 14.1. The number of likely N-dealkylation sites (N-methyl/N-ethyl adjacent to an activating group) is 1. The summed E-state index contributed by atoms with van der Waals surface area (Å²) in [5.74, 6) is 0.0562. The maximum Gasteiger partial charge on any atom is 0.237 e. The van der Waals surface area contributed by atoms with Gasteiger partial charge in [-0.15, -0.1) is 12.4 Å². The van der Waals surface area contributed by atoms with Crippen molar-refractivity contribution < 1.29 is 9.53 Å². The lowest BCUT2D eigenvalue weighted by molar-refractivity contribution is -0.123. The van der Waals surface area contributed by atoms with Gasteiger partial charge >= 0.3 is 0 Å². The number of halogens is 1. The number of hydrogen-bond donors (Lipinski definition) is 2. The number of hydrogen-bond acceptors (Lipinski definition) is 4. The predicted octanol–water partition coefficient (Wildman–Crippen LogP) is 0.817. The van der Waals surface area contributed by atoms with Gasteiger partial charge in [0.2, 0.25) is 5.91 Å². The fraction of sp³-hybridized carbons (Fsp3) is 0.562. The van der Waals surface area contributed by atoms with Crippen molar-refractivity contribution in [2.75, 3.05) is 40.4 Å². The number of nitrogens with zero attached hydrogens (tertiary/aromatic N) is 1. The van der Waals surface area contributed by atoms with E-state index in [2.05, 4.69) is 27.7 Å². The van der Waals surface area contributed by atoms with Crippen LogP contribution in [-0.4, -0.2) is 57.2 Å². The molecule has 0 aromatic heterocycles. The standard InChI is InChI=1S/C16H25N3O2.ClH/c1-19(2)8-10-21-9-7-17-16(20)15-11-13-5-3-4-6-14(13)12-18-15;/h3-6,15,18H,7-12H2,1-2H3,(H,17,20);1H. The highest BCUT2D eigenvalue weighted by molar-refractivity contribution is 5.85. The summed E-state index contributed by atoms with van der Waals surface area (Å²) >= 11 is 0. The van der Waals surface area contributed by atoms with Gasteiger partial charge < -0.3 is 20.3 Å². The number of benzene rings is 1. The molecule has 2 rings (SSSR count). The largest absolute Gasteiger partial charge is 0.378 e. The van der Waals surface area contributed by atoms with Crippen molar-refractivity contribution in [3.05, 3.63) is 35.4 Å². The second-order valence-electron chi connectivity index (χ2n) is 5.61. The highest BCUT2D eigenvalue weighted by atomic mass is 35.5. The van der Waals surface area contributed by atoms with E-state index in [9.17, 15) is 4.79 Å². The first-order valence-corrected chi connectivity index (χ1v) is 7.47. The molecule has 1 aromatic carbocycles. The van der Waals surface area contributed by atoms with Crippen LogP contribution < -0.4 is 10.6 Å². The fourth-order valence-electron chi connectivity index (χ4n) is 2.36. The van der Waals surface area contributed by atoms with Gasteiger partial charge in [0, 0.05) is 19.6 Å². The van der Waals surface area contributed by atoms with Crippen molar-refractivity contribution in [1.82, 2.24) is 15.5 Å². The average Bonchev–Trinajstić information content (AvgIpc) is 2.49. The molecule has 5 nitrogen and oxygen atoms in total. The van der Waals surface area contributed by atoms with E-state index in [0.29, 0.717) is 19.8 Å². The van der Waals surface area contributed by atoms with Gasteiger partial charge in [0.05, 0.1) is 19.3 Å². The van der Waals surface area contributed by atoms with Crippen LogP contribution in [0, 0.1) is 0 Å². The topological polar surface area (TPSA) is 53.6 Å². The summed E-state index contributed by atoms with van der Waals surface area (Å²) in [6.45, 7) is 3.47. The van der Waals surface area contributed by atoms with E-state index in [1.54, 1.807) is 0 Å². The van der Waals surface area contributed by atoms with E-state index >= 15 is 0 Å². The number of carbonyl (C=O) groups excluding carboxylic acids is 1. The summed E-state index contributed by atoms with van der Waals surface area (Å²) in [5, 5.41) is 6.21. The van der Waals surface area contributed by atoms with Gasteiger partial charge in [-0.3, -0.25) is 4.79 Å². The molecule has 1 heterocycles. The molecule has 1 aliphatic heterocycles. The highest BCUT2D eigenvalue weighted by Crippen LogP contribution is 2.16. The van der Waals surface area contributed by atoms with Gasteiger partial charge in [-0.2, -0.15) is 0 Å². The molecule has 1 aromatic rings. The van der Waals surface area contributed by atoms with Crippen molar-refractivity contribution in [3.8, 4) is 0 Å². The summed E-state index contributed by atoms with van der Waals surface area (Å²) in [7, 11) is 4.02. The lowest BCUT2D eigenvalue weighted by Gasteiger charge is -2.25. The quantitative estimate of drug-likeness (QED) is 0.728. The Morgan fingerprint density at radius 3 is 2.77 bits per heavy atom. The van der Waals surface area contributed by atoms with Crippen LogP contribution in [0.3, 0.4) is 0 Å². The number of nitrogens with one attached hydrogen (secondary N) is 2. The van der Waals surface area contributed by atoms with E-state index in [-0.39, 0.29) is 24.4 Å². The molecular weight excluding hydrogens is 302 g/mol. The predicted molar refractivity (Wildman–Crippen MR) is 90.4 cm³/mol. The van der Waals surface area contributed by atoms with Gasteiger partial charge in [0.25, 0.3) is 0 Å². The number of amides is 1. The van der Waals surface area contributed by atoms with Gasteiger partial charge in [-0.05, 0) is 31.6 Å². The average molecular weight is 328 g/mol. The third kappa shape index (κ3) is 5.93. The Balaban J connectivity index is 0.00000242. The van der Waals surface area contributed by atoms with Crippen LogP contribution in [0.2, 0.25) is 0 Å². The van der Waals surface area contributed by atoms with Crippen LogP contribution in [0.15, 0.2) is 24.3 Å². The molecule has 0 spiro atoms. The Hall–Kier alpha value is -1.14. The van der Waals surface area contributed by atoms with Crippen LogP contribution in [0.4, 0.5) is 0 Å². The highest BCUT2D eigenvalue weighted by Gasteiger charge is 2.23. The maximum absolute atomic E-state index is 12.1. The Bertz CT molecular complexity index is 468. The smallest absolute Gasteiger partial charge is 0.237 e. The Kier molecular flexibility index (Phi) is 8.42. The lowest BCUT2D eigenvalue weighted by Crippen LogP contribution is -2.48. The Labute approximate surface area is 138 Å². The third-order valence-corrected chi connectivity index (χ3v) is 3.63. The SMILES string of the molecule is CN(C)CCOCCNC(=O)C1Cc2ccccc2CN1.Cl. The Morgan fingerprint density at radius 2 is 2.05 bits per heavy atom. The molecule has 124 valence electrons. The third-order valence-electron chi connectivity index (χ3n) is 3.63. The molecule has 2 N–H and O–H groups in total. The van der Waals surface area contributed by atoms with Crippen LogP contribution in [0.25, 0.3) is 0 Å². The summed E-state index contributed by atoms with van der Waals surface area (Å²) < 4.78 is 5.46. The maximum atomic E-state index is 12.1. The van der Waals surface area contributed by atoms with E-state index in [1.807, 2.05) is 26.2 Å². The molecule has 0 saturated carbocycles. The van der Waals surface area contributed by atoms with E-state index in [4.69, 9.17) is 4.74 Å². The Morgan fingerprint density at radius 1 is 1.32 bits per heavy atom. The first-order chi connectivity index (χ1) is 10.2. The second kappa shape index (κ2) is 9.79. The molecule has 0 saturated heterocycles. The summed E-state index contributed by atoms with van der Waals surface area (Å²) in [6, 6.07) is 8.13. The van der Waals surface area contributed by atoms with Crippen molar-refractivity contribution >= 4 is 18.3 Å². The minimum atomic E-state index is -0.137. The molecule has 0 bridgehead atoms. The van der Waals surface area contributed by atoms with Crippen LogP contribution >= 0.6 is 12.4 Å². The minimum absolute atomic E-state index is 0. The molecule has 0 aliphatic carbocycles. The van der Waals surface area contributed by atoms with E-state index in [0.717, 1.165) is 19.5 Å². The number of rotatable bonds is 7. The minimum Gasteiger partial charge on any atom is -0.378 e. The lowest BCUT2D eigenvalue weighted by atomic mass is 9.95. The van der Waals surface area contributed by atoms with Gasteiger partial charge in [0.15, 0.2) is 0 Å². The van der Waals surface area contributed by atoms with E-state index in [1.165, 1.54) is 11.1 Å². The first kappa shape index (κ1) is 18.9. The number of ether oxygens (including phenoxy) is 1. The zero-order chi connectivity index (χ0) is 15.1. The molecule has 1 unspecified atom stereocenters. The summed E-state index contributed by atoms with van der Waals surface area (Å²) in [6.07, 6.45) is 0.753. The van der Waals surface area contributed by atoms with Gasteiger partial charge in [-0.1, -0.05) is 24.3 Å². The van der Waals surface area contributed by atoms with Crippen molar-refractivity contribution in [3.63, 3.8) is 0 Å². The summed E-state index contributed by atoms with van der Waals surface area (Å²) in [4.78, 5) is 14.2. The normalized spacial score (nSPS) is 16.8. The van der Waals surface area contributed by atoms with Crippen molar-refractivity contribution in [2.45, 2.75) is 19.0 Å². The van der Waals surface area contributed by atoms with Crippen LogP contribution in [0.1, 0.15) is 11.1 Å². The molecule has 1 atom stereocenters. The van der Waals surface area contributed by atoms with Crippen LogP contribution in [0.5, 0.6) is 0 Å². The van der Waals surface area contributed by atoms with Crippen LogP contribution in [-0.2, 0) is 22.5 Å². The molecule has 6 heteroatoms. The number of fused-ring (bicyclic) bond motifs is 1. The molecule has 0 fully saturated rings. The van der Waals surface area contributed by atoms with E-state index < -0.39 is 0 Å². The second-order valence-corrected chi connectivity index (χ2v) is 5.61. The van der Waals surface area contributed by atoms with Crippen molar-refractivity contribution in [2.24, 2.45) is 0 Å². The molecule has 22 heavy (non-hydrogen) atoms. The molecular formula is C16H26ClN3O2. The molecule has 0 radical (unpaired) electrons.